The molecule has 1 aliphatic rings. The Morgan fingerprint density at radius 2 is 2.05 bits per heavy atom. The van der Waals surface area contributed by atoms with Gasteiger partial charge in [0.25, 0.3) is 0 Å². The van der Waals surface area contributed by atoms with Crippen molar-refractivity contribution in [3.63, 3.8) is 0 Å². The number of hydrogen-bond donors (Lipinski definition) is 3. The van der Waals surface area contributed by atoms with Crippen LogP contribution in [0.2, 0.25) is 0 Å². The van der Waals surface area contributed by atoms with Crippen LogP contribution in [0.4, 0.5) is 4.79 Å². The molecule has 7 heteroatoms. The lowest BCUT2D eigenvalue weighted by Gasteiger charge is -2.42. The summed E-state index contributed by atoms with van der Waals surface area (Å²) in [5.41, 5.74) is -0.783. The van der Waals surface area contributed by atoms with Crippen molar-refractivity contribution in [3.05, 3.63) is 0 Å². The van der Waals surface area contributed by atoms with Gasteiger partial charge in [-0.3, -0.25) is 19.8 Å². The Morgan fingerprint density at radius 1 is 1.38 bits per heavy atom. The Hall–Kier alpha value is -1.63. The highest BCUT2D eigenvalue weighted by Gasteiger charge is 2.43. The van der Waals surface area contributed by atoms with Crippen LogP contribution in [-0.2, 0) is 9.59 Å². The summed E-state index contributed by atoms with van der Waals surface area (Å²) in [5.74, 6) is -1.21. The highest BCUT2D eigenvalue weighted by atomic mass is 16.4. The predicted molar refractivity (Wildman–Crippen MR) is 77.8 cm³/mol. The first kappa shape index (κ1) is 17.4. The Morgan fingerprint density at radius 3 is 2.57 bits per heavy atom. The molecule has 2 unspecified atom stereocenters. The number of rotatable bonds is 5. The van der Waals surface area contributed by atoms with Crippen LogP contribution in [0.15, 0.2) is 0 Å². The number of piperidine rings is 1. The second-order valence-corrected chi connectivity index (χ2v) is 5.65. The quantitative estimate of drug-likeness (QED) is 0.697. The normalized spacial score (nSPS) is 24.1. The van der Waals surface area contributed by atoms with Crippen LogP contribution in [0.5, 0.6) is 0 Å². The van der Waals surface area contributed by atoms with Gasteiger partial charge in [0, 0.05) is 13.6 Å². The summed E-state index contributed by atoms with van der Waals surface area (Å²) < 4.78 is 0. The third kappa shape index (κ3) is 4.17. The minimum Gasteiger partial charge on any atom is -0.481 e. The molecule has 3 N–H and O–H groups in total. The average Bonchev–Trinajstić information content (AvgIpc) is 2.46. The Kier molecular flexibility index (Phi) is 6.14. The molecule has 120 valence electrons. The molecule has 0 aromatic carbocycles. The van der Waals surface area contributed by atoms with Gasteiger partial charge in [0.2, 0.25) is 5.91 Å². The molecule has 1 heterocycles. The summed E-state index contributed by atoms with van der Waals surface area (Å²) in [6.45, 7) is 4.67. The molecule has 0 aliphatic carbocycles. The van der Waals surface area contributed by atoms with Gasteiger partial charge in [-0.2, -0.15) is 0 Å². The molecule has 1 aliphatic heterocycles. The molecule has 1 saturated heterocycles. The molecule has 21 heavy (non-hydrogen) atoms. The van der Waals surface area contributed by atoms with Gasteiger partial charge in [0.1, 0.15) is 0 Å². The molecule has 1 fully saturated rings. The standard InChI is InChI=1S/C14H25N3O4/c1-4-6-14(12(19)20)7-5-8-17(9-14)10(2)11(18)16-13(21)15-3/h10H,4-9H2,1-3H3,(H,19,20)(H2,15,16,18,21). The third-order valence-electron chi connectivity index (χ3n) is 4.18. The topological polar surface area (TPSA) is 98.7 Å². The maximum Gasteiger partial charge on any atom is 0.321 e. The number of carboxylic acid groups (broad SMARTS) is 1. The van der Waals surface area contributed by atoms with Crippen molar-refractivity contribution in [3.8, 4) is 0 Å². The molecular formula is C14H25N3O4. The van der Waals surface area contributed by atoms with E-state index in [0.29, 0.717) is 25.9 Å². The number of carbonyl (C=O) groups is 3. The van der Waals surface area contributed by atoms with E-state index in [1.54, 1.807) is 6.92 Å². The minimum absolute atomic E-state index is 0.346. The van der Waals surface area contributed by atoms with E-state index in [-0.39, 0.29) is 0 Å². The van der Waals surface area contributed by atoms with Gasteiger partial charge < -0.3 is 10.4 Å². The van der Waals surface area contributed by atoms with Crippen LogP contribution in [0.1, 0.15) is 39.5 Å². The van der Waals surface area contributed by atoms with Crippen molar-refractivity contribution in [1.82, 2.24) is 15.5 Å². The van der Waals surface area contributed by atoms with E-state index in [4.69, 9.17) is 0 Å². The molecule has 0 aromatic heterocycles. The van der Waals surface area contributed by atoms with Gasteiger partial charge >= 0.3 is 12.0 Å². The first-order chi connectivity index (χ1) is 9.86. The zero-order valence-corrected chi connectivity index (χ0v) is 12.9. The first-order valence-corrected chi connectivity index (χ1v) is 7.36. The lowest BCUT2D eigenvalue weighted by atomic mass is 9.76. The maximum absolute atomic E-state index is 12.0. The number of amides is 3. The van der Waals surface area contributed by atoms with Gasteiger partial charge in [0.05, 0.1) is 11.5 Å². The van der Waals surface area contributed by atoms with Crippen LogP contribution in [0.25, 0.3) is 0 Å². The van der Waals surface area contributed by atoms with E-state index in [1.165, 1.54) is 7.05 Å². The number of carbonyl (C=O) groups excluding carboxylic acids is 2. The zero-order valence-electron chi connectivity index (χ0n) is 12.9. The number of urea groups is 1. The molecule has 2 atom stereocenters. The van der Waals surface area contributed by atoms with E-state index in [0.717, 1.165) is 12.8 Å². The Bertz CT molecular complexity index is 409. The van der Waals surface area contributed by atoms with Crippen molar-refractivity contribution < 1.29 is 19.5 Å². The predicted octanol–water partition coefficient (Wildman–Crippen LogP) is 0.797. The van der Waals surface area contributed by atoms with E-state index in [1.807, 2.05) is 11.8 Å². The number of carboxylic acids is 1. The molecule has 0 spiro atoms. The van der Waals surface area contributed by atoms with Crippen molar-refractivity contribution in [2.45, 2.75) is 45.6 Å². The fourth-order valence-corrected chi connectivity index (χ4v) is 2.91. The van der Waals surface area contributed by atoms with Gasteiger partial charge in [-0.25, -0.2) is 4.79 Å². The third-order valence-corrected chi connectivity index (χ3v) is 4.18. The van der Waals surface area contributed by atoms with Gasteiger partial charge in [0.15, 0.2) is 0 Å². The number of likely N-dealkylation sites (tertiary alicyclic amines) is 1. The number of aliphatic carboxylic acids is 1. The second-order valence-electron chi connectivity index (χ2n) is 5.65. The fourth-order valence-electron chi connectivity index (χ4n) is 2.91. The summed E-state index contributed by atoms with van der Waals surface area (Å²) in [5, 5.41) is 14.1. The number of nitrogens with one attached hydrogen (secondary N) is 2. The van der Waals surface area contributed by atoms with Crippen molar-refractivity contribution >= 4 is 17.9 Å². The highest BCUT2D eigenvalue weighted by Crippen LogP contribution is 2.35. The van der Waals surface area contributed by atoms with E-state index in [2.05, 4.69) is 10.6 Å². The van der Waals surface area contributed by atoms with Crippen LogP contribution in [-0.4, -0.2) is 54.1 Å². The number of nitrogens with zero attached hydrogens (tertiary/aromatic N) is 1. The molecule has 0 saturated carbocycles. The summed E-state index contributed by atoms with van der Waals surface area (Å²) in [4.78, 5) is 36.7. The summed E-state index contributed by atoms with van der Waals surface area (Å²) in [7, 11) is 1.44. The maximum atomic E-state index is 12.0. The molecule has 0 aromatic rings. The van der Waals surface area contributed by atoms with Crippen LogP contribution in [0.3, 0.4) is 0 Å². The van der Waals surface area contributed by atoms with E-state index < -0.39 is 29.4 Å². The first-order valence-electron chi connectivity index (χ1n) is 7.36. The van der Waals surface area contributed by atoms with Gasteiger partial charge in [-0.15, -0.1) is 0 Å². The molecule has 3 amide bonds. The fraction of sp³-hybridized carbons (Fsp3) is 0.786. The van der Waals surface area contributed by atoms with Crippen LogP contribution in [0, 0.1) is 5.41 Å². The summed E-state index contributed by atoms with van der Waals surface area (Å²) in [6, 6.07) is -1.08. The molecule has 0 bridgehead atoms. The summed E-state index contributed by atoms with van der Waals surface area (Å²) in [6.07, 6.45) is 2.77. The Balaban J connectivity index is 2.76. The van der Waals surface area contributed by atoms with E-state index >= 15 is 0 Å². The monoisotopic (exact) mass is 299 g/mol. The SMILES string of the molecule is CCCC1(C(=O)O)CCCN(C(C)C(=O)NC(=O)NC)C1. The van der Waals surface area contributed by atoms with E-state index in [9.17, 15) is 19.5 Å². The molecule has 0 radical (unpaired) electrons. The largest absolute Gasteiger partial charge is 0.481 e. The zero-order chi connectivity index (χ0) is 16.0. The van der Waals surface area contributed by atoms with Crippen molar-refractivity contribution in [2.75, 3.05) is 20.1 Å². The lowest BCUT2D eigenvalue weighted by molar-refractivity contribution is -0.155. The summed E-state index contributed by atoms with van der Waals surface area (Å²) >= 11 is 0. The minimum atomic E-state index is -0.798. The smallest absolute Gasteiger partial charge is 0.321 e. The number of imide groups is 1. The lowest BCUT2D eigenvalue weighted by Crippen LogP contribution is -2.55. The van der Waals surface area contributed by atoms with Crippen molar-refractivity contribution in [1.29, 1.82) is 0 Å². The van der Waals surface area contributed by atoms with Crippen LogP contribution >= 0.6 is 0 Å². The highest BCUT2D eigenvalue weighted by molar-refractivity contribution is 5.96. The van der Waals surface area contributed by atoms with Gasteiger partial charge in [-0.05, 0) is 32.7 Å². The molecule has 1 rings (SSSR count). The van der Waals surface area contributed by atoms with Gasteiger partial charge in [-0.1, -0.05) is 13.3 Å². The Labute approximate surface area is 125 Å². The number of hydrogen-bond acceptors (Lipinski definition) is 4. The second kappa shape index (κ2) is 7.40. The van der Waals surface area contributed by atoms with Crippen molar-refractivity contribution in [2.24, 2.45) is 5.41 Å². The molecular weight excluding hydrogens is 274 g/mol. The molecule has 7 nitrogen and oxygen atoms in total. The average molecular weight is 299 g/mol. The van der Waals surface area contributed by atoms with Crippen LogP contribution < -0.4 is 10.6 Å².